The number of benzene rings is 3. The van der Waals surface area contributed by atoms with Gasteiger partial charge >= 0.3 is 0 Å². The molecule has 1 amide bonds. The van der Waals surface area contributed by atoms with Crippen LogP contribution in [0, 0.1) is 11.8 Å². The van der Waals surface area contributed by atoms with Gasteiger partial charge < -0.3 is 5.32 Å². The largest absolute Gasteiger partial charge is 0.326 e. The summed E-state index contributed by atoms with van der Waals surface area (Å²) in [6.07, 6.45) is 0.330. The van der Waals surface area contributed by atoms with E-state index in [1.165, 1.54) is 0 Å². The molecule has 3 rings (SSSR count). The van der Waals surface area contributed by atoms with Crippen molar-refractivity contribution in [2.45, 2.75) is 12.8 Å². The molecule has 0 aromatic heterocycles. The first kappa shape index (κ1) is 18.2. The van der Waals surface area contributed by atoms with Gasteiger partial charge in [-0.05, 0) is 30.3 Å². The molecule has 0 aliphatic heterocycles. The Morgan fingerprint density at radius 2 is 1.33 bits per heavy atom. The van der Waals surface area contributed by atoms with Crippen LogP contribution in [-0.2, 0) is 4.79 Å². The fourth-order valence-corrected chi connectivity index (χ4v) is 2.56. The third-order valence-corrected chi connectivity index (χ3v) is 3.95. The molecule has 0 aliphatic rings. The van der Waals surface area contributed by atoms with Crippen LogP contribution >= 0.6 is 0 Å². The maximum atomic E-state index is 12.1. The number of rotatable bonds is 5. The molecular formula is C24H19NO2. The lowest BCUT2D eigenvalue weighted by Gasteiger charge is -2.05. The second-order valence-electron chi connectivity index (χ2n) is 6.03. The summed E-state index contributed by atoms with van der Waals surface area (Å²) >= 11 is 0. The molecular weight excluding hydrogens is 334 g/mol. The third-order valence-electron chi connectivity index (χ3n) is 3.95. The average molecular weight is 353 g/mol. The smallest absolute Gasteiger partial charge is 0.224 e. The zero-order valence-electron chi connectivity index (χ0n) is 14.8. The Labute approximate surface area is 159 Å². The minimum absolute atomic E-state index is 0.0340. The van der Waals surface area contributed by atoms with Crippen LogP contribution in [0.15, 0.2) is 84.9 Å². The van der Waals surface area contributed by atoms with E-state index in [1.54, 1.807) is 12.1 Å². The topological polar surface area (TPSA) is 46.2 Å². The van der Waals surface area contributed by atoms with Gasteiger partial charge in [0.2, 0.25) is 5.91 Å². The molecule has 0 saturated heterocycles. The quantitative estimate of drug-likeness (QED) is 0.534. The maximum absolute atomic E-state index is 12.1. The predicted octanol–water partition coefficient (Wildman–Crippen LogP) is 4.69. The van der Waals surface area contributed by atoms with E-state index in [1.807, 2.05) is 72.8 Å². The van der Waals surface area contributed by atoms with Crippen molar-refractivity contribution in [2.24, 2.45) is 0 Å². The summed E-state index contributed by atoms with van der Waals surface area (Å²) in [6.45, 7) is 0. The summed E-state index contributed by atoms with van der Waals surface area (Å²) in [5.41, 5.74) is 3.05. The van der Waals surface area contributed by atoms with Gasteiger partial charge in [-0.2, -0.15) is 0 Å². The monoisotopic (exact) mass is 353 g/mol. The Hall–Kier alpha value is -3.64. The second kappa shape index (κ2) is 9.17. The summed E-state index contributed by atoms with van der Waals surface area (Å²) in [7, 11) is 0. The molecule has 0 spiro atoms. The van der Waals surface area contributed by atoms with Gasteiger partial charge in [0.15, 0.2) is 5.78 Å². The number of hydrogen-bond donors (Lipinski definition) is 1. The summed E-state index contributed by atoms with van der Waals surface area (Å²) in [4.78, 5) is 24.2. The van der Waals surface area contributed by atoms with Crippen LogP contribution in [-0.4, -0.2) is 11.7 Å². The first-order valence-corrected chi connectivity index (χ1v) is 8.76. The van der Waals surface area contributed by atoms with E-state index >= 15 is 0 Å². The molecule has 132 valence electrons. The lowest BCUT2D eigenvalue weighted by atomic mass is 10.1. The highest BCUT2D eigenvalue weighted by Crippen LogP contribution is 2.12. The molecule has 3 heteroatoms. The summed E-state index contributed by atoms with van der Waals surface area (Å²) < 4.78 is 0. The Bertz CT molecular complexity index is 983. The van der Waals surface area contributed by atoms with Gasteiger partial charge in [0.05, 0.1) is 0 Å². The molecule has 0 heterocycles. The fourth-order valence-electron chi connectivity index (χ4n) is 2.56. The Balaban J connectivity index is 1.57. The lowest BCUT2D eigenvalue weighted by Crippen LogP contribution is -2.13. The van der Waals surface area contributed by atoms with Crippen LogP contribution in [0.3, 0.4) is 0 Å². The Morgan fingerprint density at radius 3 is 2.07 bits per heavy atom. The van der Waals surface area contributed by atoms with E-state index in [0.717, 1.165) is 11.1 Å². The normalized spacial score (nSPS) is 9.78. The van der Waals surface area contributed by atoms with Crippen molar-refractivity contribution in [3.8, 4) is 11.8 Å². The van der Waals surface area contributed by atoms with Gasteiger partial charge in [-0.15, -0.1) is 0 Å². The first-order chi connectivity index (χ1) is 13.2. The van der Waals surface area contributed by atoms with Crippen molar-refractivity contribution >= 4 is 17.4 Å². The number of amides is 1. The van der Waals surface area contributed by atoms with E-state index in [-0.39, 0.29) is 24.5 Å². The van der Waals surface area contributed by atoms with Crippen LogP contribution in [0.2, 0.25) is 0 Å². The van der Waals surface area contributed by atoms with Crippen molar-refractivity contribution in [1.29, 1.82) is 0 Å². The van der Waals surface area contributed by atoms with Crippen LogP contribution in [0.5, 0.6) is 0 Å². The number of carbonyl (C=O) groups excluding carboxylic acids is 2. The van der Waals surface area contributed by atoms with Crippen molar-refractivity contribution in [3.63, 3.8) is 0 Å². The molecule has 27 heavy (non-hydrogen) atoms. The standard InChI is InChI=1S/C24H19NO2/c26-23(21-11-5-2-6-12-21)16-17-24(27)25-22-13-7-10-20(18-22)15-14-19-8-3-1-4-9-19/h1-13,18H,16-17H2,(H,25,27). The molecule has 3 nitrogen and oxygen atoms in total. The van der Waals surface area contributed by atoms with Gasteiger partial charge in [-0.25, -0.2) is 0 Å². The maximum Gasteiger partial charge on any atom is 0.224 e. The van der Waals surface area contributed by atoms with Gasteiger partial charge in [0.1, 0.15) is 0 Å². The van der Waals surface area contributed by atoms with E-state index < -0.39 is 0 Å². The fraction of sp³-hybridized carbons (Fsp3) is 0.0833. The molecule has 0 radical (unpaired) electrons. The lowest BCUT2D eigenvalue weighted by molar-refractivity contribution is -0.116. The van der Waals surface area contributed by atoms with E-state index in [2.05, 4.69) is 17.2 Å². The third kappa shape index (κ3) is 5.69. The number of carbonyl (C=O) groups is 2. The molecule has 0 bridgehead atoms. The van der Waals surface area contributed by atoms with Crippen LogP contribution < -0.4 is 5.32 Å². The molecule has 0 unspecified atom stereocenters. The second-order valence-corrected chi connectivity index (χ2v) is 6.03. The van der Waals surface area contributed by atoms with Crippen molar-refractivity contribution < 1.29 is 9.59 Å². The minimum atomic E-state index is -0.188. The number of anilines is 1. The van der Waals surface area contributed by atoms with Crippen LogP contribution in [0.25, 0.3) is 0 Å². The zero-order valence-corrected chi connectivity index (χ0v) is 14.8. The molecule has 3 aromatic rings. The molecule has 0 saturated carbocycles. The molecule has 1 N–H and O–H groups in total. The minimum Gasteiger partial charge on any atom is -0.326 e. The van der Waals surface area contributed by atoms with E-state index in [0.29, 0.717) is 11.3 Å². The van der Waals surface area contributed by atoms with Gasteiger partial charge in [0, 0.05) is 35.2 Å². The zero-order chi connectivity index (χ0) is 18.9. The highest BCUT2D eigenvalue weighted by atomic mass is 16.2. The SMILES string of the molecule is O=C(CCC(=O)c1ccccc1)Nc1cccc(C#Cc2ccccc2)c1. The number of hydrogen-bond acceptors (Lipinski definition) is 2. The Kier molecular flexibility index (Phi) is 6.17. The number of Topliss-reactive ketones (excluding diaryl/α,β-unsaturated/α-hetero) is 1. The van der Waals surface area contributed by atoms with E-state index in [4.69, 9.17) is 0 Å². The van der Waals surface area contributed by atoms with Crippen LogP contribution in [0.1, 0.15) is 34.3 Å². The summed E-state index contributed by atoms with van der Waals surface area (Å²) in [6, 6.07) is 26.1. The number of ketones is 1. The van der Waals surface area contributed by atoms with Gasteiger partial charge in [-0.1, -0.05) is 66.4 Å². The number of nitrogens with one attached hydrogen (secondary N) is 1. The van der Waals surface area contributed by atoms with Crippen molar-refractivity contribution in [1.82, 2.24) is 0 Å². The molecule has 0 fully saturated rings. The highest BCUT2D eigenvalue weighted by Gasteiger charge is 2.09. The average Bonchev–Trinajstić information content (AvgIpc) is 2.72. The Morgan fingerprint density at radius 1 is 0.704 bits per heavy atom. The first-order valence-electron chi connectivity index (χ1n) is 8.76. The predicted molar refractivity (Wildman–Crippen MR) is 108 cm³/mol. The van der Waals surface area contributed by atoms with Gasteiger partial charge in [-0.3, -0.25) is 9.59 Å². The summed E-state index contributed by atoms with van der Waals surface area (Å²) in [5.74, 6) is 5.96. The molecule has 0 atom stereocenters. The highest BCUT2D eigenvalue weighted by molar-refractivity contribution is 6.00. The van der Waals surface area contributed by atoms with E-state index in [9.17, 15) is 9.59 Å². The summed E-state index contributed by atoms with van der Waals surface area (Å²) in [5, 5.41) is 2.83. The van der Waals surface area contributed by atoms with Crippen molar-refractivity contribution in [2.75, 3.05) is 5.32 Å². The van der Waals surface area contributed by atoms with Crippen LogP contribution in [0.4, 0.5) is 5.69 Å². The molecule has 3 aromatic carbocycles. The molecule has 0 aliphatic carbocycles. The van der Waals surface area contributed by atoms with Crippen molar-refractivity contribution in [3.05, 3.63) is 102 Å². The van der Waals surface area contributed by atoms with Gasteiger partial charge in [0.25, 0.3) is 0 Å².